The summed E-state index contributed by atoms with van der Waals surface area (Å²) in [7, 11) is 4.75. The van der Waals surface area contributed by atoms with E-state index < -0.39 is 0 Å². The molecule has 0 aliphatic rings. The van der Waals surface area contributed by atoms with Gasteiger partial charge in [-0.3, -0.25) is 14.7 Å². The van der Waals surface area contributed by atoms with Gasteiger partial charge in [0.25, 0.3) is 0 Å². The first-order valence-electron chi connectivity index (χ1n) is 10.0. The summed E-state index contributed by atoms with van der Waals surface area (Å²) in [5.41, 5.74) is 3.37. The maximum Gasteiger partial charge on any atom is 0.324 e. The Hall–Kier alpha value is -3.96. The van der Waals surface area contributed by atoms with E-state index >= 15 is 0 Å². The van der Waals surface area contributed by atoms with Gasteiger partial charge in [-0.1, -0.05) is 11.3 Å². The third-order valence-corrected chi connectivity index (χ3v) is 7.42. The molecule has 172 valence electrons. The summed E-state index contributed by atoms with van der Waals surface area (Å²) in [5.74, 6) is 1.68. The van der Waals surface area contributed by atoms with Gasteiger partial charge in [0.1, 0.15) is 9.71 Å². The molecular formula is C23H18N4O5S2. The number of nitrogens with zero attached hydrogens (tertiary/aromatic N) is 4. The van der Waals surface area contributed by atoms with Crippen molar-refractivity contribution < 1.29 is 19.1 Å². The first-order chi connectivity index (χ1) is 16.5. The summed E-state index contributed by atoms with van der Waals surface area (Å²) in [5, 5.41) is 12.0. The van der Waals surface area contributed by atoms with Gasteiger partial charge in [-0.2, -0.15) is 0 Å². The van der Waals surface area contributed by atoms with E-state index in [-0.39, 0.29) is 9.92 Å². The molecule has 2 aromatic carbocycles. The highest BCUT2D eigenvalue weighted by atomic mass is 32.1. The maximum atomic E-state index is 11.1. The molecule has 0 aliphatic heterocycles. The van der Waals surface area contributed by atoms with Gasteiger partial charge in [-0.25, -0.2) is 9.97 Å². The number of aromatic nitrogens is 3. The number of methoxy groups -OCH3 is 3. The van der Waals surface area contributed by atoms with Crippen molar-refractivity contribution >= 4 is 37.9 Å². The van der Waals surface area contributed by atoms with Crippen LogP contribution < -0.4 is 14.2 Å². The second-order valence-corrected chi connectivity index (χ2v) is 9.16. The Morgan fingerprint density at radius 1 is 0.971 bits per heavy atom. The minimum absolute atomic E-state index is 0.0950. The predicted octanol–water partition coefficient (Wildman–Crippen LogP) is 5.81. The average molecular weight is 495 g/mol. The summed E-state index contributed by atoms with van der Waals surface area (Å²) in [6.45, 7) is 0. The molecule has 0 aliphatic carbocycles. The van der Waals surface area contributed by atoms with Crippen LogP contribution >= 0.6 is 22.7 Å². The molecule has 0 saturated carbocycles. The maximum absolute atomic E-state index is 11.1. The van der Waals surface area contributed by atoms with Crippen LogP contribution in [-0.4, -0.2) is 40.8 Å². The summed E-state index contributed by atoms with van der Waals surface area (Å²) in [4.78, 5) is 20.5. The van der Waals surface area contributed by atoms with E-state index in [9.17, 15) is 10.1 Å². The molecule has 0 spiro atoms. The van der Waals surface area contributed by atoms with Gasteiger partial charge in [-0.15, -0.1) is 11.3 Å². The number of imidazole rings is 1. The smallest absolute Gasteiger partial charge is 0.324 e. The van der Waals surface area contributed by atoms with Gasteiger partial charge in [0.2, 0.25) is 5.75 Å². The summed E-state index contributed by atoms with van der Waals surface area (Å²) in [6, 6.07) is 13.0. The summed E-state index contributed by atoms with van der Waals surface area (Å²) in [6.07, 6.45) is 3.39. The molecule has 0 amide bonds. The lowest BCUT2D eigenvalue weighted by atomic mass is 10.2. The quantitative estimate of drug-likeness (QED) is 0.208. The topological polar surface area (TPSA) is 102 Å². The second kappa shape index (κ2) is 8.76. The van der Waals surface area contributed by atoms with Gasteiger partial charge in [0.15, 0.2) is 11.5 Å². The van der Waals surface area contributed by atoms with Gasteiger partial charge >= 0.3 is 5.00 Å². The molecule has 3 aromatic heterocycles. The average Bonchev–Trinajstić information content (AvgIpc) is 3.61. The van der Waals surface area contributed by atoms with Crippen molar-refractivity contribution in [1.29, 1.82) is 0 Å². The molecule has 0 fully saturated rings. The fraction of sp³-hybridized carbons (Fsp3) is 0.130. The number of fused-ring (bicyclic) bond motifs is 1. The highest BCUT2D eigenvalue weighted by Crippen LogP contribution is 2.47. The minimum Gasteiger partial charge on any atom is -0.493 e. The molecule has 5 rings (SSSR count). The monoisotopic (exact) mass is 494 g/mol. The van der Waals surface area contributed by atoms with Crippen molar-refractivity contribution in [1.82, 2.24) is 14.5 Å². The lowest BCUT2D eigenvalue weighted by Crippen LogP contribution is -1.94. The molecule has 0 radical (unpaired) electrons. The van der Waals surface area contributed by atoms with E-state index in [2.05, 4.69) is 4.98 Å². The molecule has 3 heterocycles. The van der Waals surface area contributed by atoms with Crippen molar-refractivity contribution in [2.45, 2.75) is 0 Å². The van der Waals surface area contributed by atoms with Crippen LogP contribution in [-0.2, 0) is 0 Å². The Labute approximate surface area is 202 Å². The van der Waals surface area contributed by atoms with E-state index in [1.807, 2.05) is 34.9 Å². The van der Waals surface area contributed by atoms with Crippen LogP contribution in [0.3, 0.4) is 0 Å². The molecular weight excluding hydrogens is 476 g/mol. The molecule has 0 unspecified atom stereocenters. The van der Waals surface area contributed by atoms with Crippen LogP contribution in [0.5, 0.6) is 17.2 Å². The fourth-order valence-electron chi connectivity index (χ4n) is 3.66. The number of hydrogen-bond donors (Lipinski definition) is 0. The third-order valence-electron chi connectivity index (χ3n) is 5.24. The normalized spacial score (nSPS) is 11.0. The van der Waals surface area contributed by atoms with E-state index in [4.69, 9.17) is 19.2 Å². The minimum atomic E-state index is -0.387. The Morgan fingerprint density at radius 2 is 1.74 bits per heavy atom. The summed E-state index contributed by atoms with van der Waals surface area (Å²) < 4.78 is 19.3. The van der Waals surface area contributed by atoms with Crippen LogP contribution in [0.25, 0.3) is 37.0 Å². The van der Waals surface area contributed by atoms with Crippen molar-refractivity contribution in [2.24, 2.45) is 0 Å². The number of benzene rings is 2. The SMILES string of the molecule is COc1cc2nc(-c3ccc(-n4cncc4-c4ccc([N+](=O)[O-])s4)cc3)sc2c(OC)c1OC. The van der Waals surface area contributed by atoms with Gasteiger partial charge in [0.05, 0.1) is 54.9 Å². The third kappa shape index (κ3) is 3.64. The Bertz CT molecular complexity index is 1500. The van der Waals surface area contributed by atoms with E-state index in [0.29, 0.717) is 17.2 Å². The van der Waals surface area contributed by atoms with Crippen molar-refractivity contribution in [3.63, 3.8) is 0 Å². The van der Waals surface area contributed by atoms with Crippen LogP contribution in [0, 0.1) is 10.1 Å². The van der Waals surface area contributed by atoms with Crippen LogP contribution in [0.1, 0.15) is 0 Å². The lowest BCUT2D eigenvalue weighted by molar-refractivity contribution is -0.380. The van der Waals surface area contributed by atoms with Crippen molar-refractivity contribution in [3.05, 3.63) is 65.1 Å². The molecule has 0 saturated heterocycles. The number of ether oxygens (including phenoxy) is 3. The second-order valence-electron chi connectivity index (χ2n) is 7.10. The largest absolute Gasteiger partial charge is 0.493 e. The standard InChI is InChI=1S/C23H18N4O5S2/c1-30-17-10-15-22(21(32-3)20(17)31-2)34-23(25-15)13-4-6-14(7-5-13)26-12-24-11-16(26)18-8-9-19(33-18)27(28)29/h4-12H,1-3H3. The number of hydrogen-bond acceptors (Lipinski definition) is 9. The van der Waals surface area contributed by atoms with Crippen molar-refractivity contribution in [3.8, 4) is 44.1 Å². The Morgan fingerprint density at radius 3 is 2.38 bits per heavy atom. The molecule has 0 atom stereocenters. The Kier molecular flexibility index (Phi) is 5.64. The fourth-order valence-corrected chi connectivity index (χ4v) is 5.56. The zero-order valence-electron chi connectivity index (χ0n) is 18.3. The molecule has 9 nitrogen and oxygen atoms in total. The van der Waals surface area contributed by atoms with Crippen molar-refractivity contribution in [2.75, 3.05) is 21.3 Å². The van der Waals surface area contributed by atoms with Gasteiger partial charge < -0.3 is 14.2 Å². The number of thiazole rings is 1. The zero-order chi connectivity index (χ0) is 23.8. The van der Waals surface area contributed by atoms with Gasteiger partial charge in [-0.05, 0) is 30.3 Å². The van der Waals surface area contributed by atoms with E-state index in [1.54, 1.807) is 39.9 Å². The summed E-state index contributed by atoms with van der Waals surface area (Å²) >= 11 is 2.62. The van der Waals surface area contributed by atoms with Gasteiger partial charge in [0, 0.05) is 23.4 Å². The number of rotatable bonds is 7. The van der Waals surface area contributed by atoms with Crippen LogP contribution in [0.2, 0.25) is 0 Å². The predicted molar refractivity (Wildman–Crippen MR) is 132 cm³/mol. The van der Waals surface area contributed by atoms with Crippen LogP contribution in [0.15, 0.2) is 55.0 Å². The number of nitro groups is 1. The molecule has 0 N–H and O–H groups in total. The first kappa shape index (κ1) is 21.9. The highest BCUT2D eigenvalue weighted by molar-refractivity contribution is 7.22. The highest BCUT2D eigenvalue weighted by Gasteiger charge is 2.20. The molecule has 5 aromatic rings. The lowest BCUT2D eigenvalue weighted by Gasteiger charge is -2.11. The molecule has 11 heteroatoms. The van der Waals surface area contributed by atoms with E-state index in [1.165, 1.54) is 17.4 Å². The molecule has 34 heavy (non-hydrogen) atoms. The first-order valence-corrected chi connectivity index (χ1v) is 11.6. The zero-order valence-corrected chi connectivity index (χ0v) is 20.0. The number of thiophene rings is 1. The Balaban J connectivity index is 1.51. The van der Waals surface area contributed by atoms with Crippen LogP contribution in [0.4, 0.5) is 5.00 Å². The van der Waals surface area contributed by atoms with E-state index in [0.717, 1.165) is 48.4 Å². The molecule has 0 bridgehead atoms.